The third-order valence-corrected chi connectivity index (χ3v) is 3.41. The molecule has 0 spiro atoms. The Morgan fingerprint density at radius 3 is 2.64 bits per heavy atom. The zero-order chi connectivity index (χ0) is 16.7. The van der Waals surface area contributed by atoms with E-state index in [4.69, 9.17) is 33.2 Å². The molecule has 1 atom stereocenters. The first-order valence-corrected chi connectivity index (χ1v) is 7.49. The van der Waals surface area contributed by atoms with Crippen molar-refractivity contribution in [2.45, 2.75) is 26.4 Å². The molecule has 0 bridgehead atoms. The number of hydrogen-bond donors (Lipinski definition) is 2. The normalized spacial score (nSPS) is 12.0. The molecule has 1 heterocycles. The molecular formula is C14H17Cl2N3O3. The van der Waals surface area contributed by atoms with Crippen molar-refractivity contribution in [3.8, 4) is 6.07 Å². The summed E-state index contributed by atoms with van der Waals surface area (Å²) in [5, 5.41) is 11.8. The molecule has 8 heteroatoms. The summed E-state index contributed by atoms with van der Waals surface area (Å²) in [5.41, 5.74) is 0.0276. The number of nitrogens with one attached hydrogen (secondary N) is 2. The van der Waals surface area contributed by atoms with Crippen LogP contribution in [-0.2, 0) is 9.53 Å². The molecule has 0 fully saturated rings. The number of hydrogen-bond acceptors (Lipinski definition) is 4. The first kappa shape index (κ1) is 18.5. The summed E-state index contributed by atoms with van der Waals surface area (Å²) >= 11 is 11.4. The number of halogens is 2. The van der Waals surface area contributed by atoms with Gasteiger partial charge in [-0.1, -0.05) is 23.2 Å². The lowest BCUT2D eigenvalue weighted by atomic mass is 10.0. The highest BCUT2D eigenvalue weighted by molar-refractivity contribution is 6.41. The quantitative estimate of drug-likeness (QED) is 0.430. The predicted octanol–water partition coefficient (Wildman–Crippen LogP) is 2.58. The lowest BCUT2D eigenvalue weighted by Gasteiger charge is -2.10. The molecule has 1 rings (SSSR count). The SMILES string of the molecule is CC(C)OCCCNC(=O)C(C#N)C(=O)c1cc(Cl)c(Cl)[nH]1. The van der Waals surface area contributed by atoms with Gasteiger partial charge in [0.15, 0.2) is 5.92 Å². The van der Waals surface area contributed by atoms with Crippen LogP contribution in [0.25, 0.3) is 0 Å². The van der Waals surface area contributed by atoms with Crippen molar-refractivity contribution in [1.29, 1.82) is 5.26 Å². The predicted molar refractivity (Wildman–Crippen MR) is 83.0 cm³/mol. The fourth-order valence-electron chi connectivity index (χ4n) is 1.63. The topological polar surface area (TPSA) is 95.0 Å². The van der Waals surface area contributed by atoms with Crippen LogP contribution in [0.1, 0.15) is 30.8 Å². The number of rotatable bonds is 8. The Kier molecular flexibility index (Phi) is 7.39. The minimum Gasteiger partial charge on any atom is -0.379 e. The maximum absolute atomic E-state index is 12.1. The van der Waals surface area contributed by atoms with Crippen molar-refractivity contribution in [3.63, 3.8) is 0 Å². The van der Waals surface area contributed by atoms with Crippen molar-refractivity contribution in [3.05, 3.63) is 21.9 Å². The molecule has 0 saturated carbocycles. The Balaban J connectivity index is 2.54. The number of nitrogens with zero attached hydrogens (tertiary/aromatic N) is 1. The summed E-state index contributed by atoms with van der Waals surface area (Å²) in [6.07, 6.45) is 0.711. The minimum absolute atomic E-state index is 0.0276. The van der Waals surface area contributed by atoms with E-state index in [0.29, 0.717) is 19.6 Å². The average Bonchev–Trinajstić information content (AvgIpc) is 2.78. The number of ether oxygens (including phenoxy) is 1. The van der Waals surface area contributed by atoms with E-state index in [2.05, 4.69) is 10.3 Å². The maximum Gasteiger partial charge on any atom is 0.245 e. The number of amides is 1. The van der Waals surface area contributed by atoms with Gasteiger partial charge in [-0.05, 0) is 26.3 Å². The van der Waals surface area contributed by atoms with Gasteiger partial charge in [0, 0.05) is 13.2 Å². The molecule has 2 N–H and O–H groups in total. The number of H-pyrrole nitrogens is 1. The first-order valence-electron chi connectivity index (χ1n) is 6.74. The molecule has 120 valence electrons. The molecular weight excluding hydrogens is 329 g/mol. The van der Waals surface area contributed by atoms with Crippen LogP contribution in [0.4, 0.5) is 0 Å². The van der Waals surface area contributed by atoms with E-state index in [1.807, 2.05) is 13.8 Å². The molecule has 0 aliphatic rings. The summed E-state index contributed by atoms with van der Waals surface area (Å²) in [6.45, 7) is 4.64. The van der Waals surface area contributed by atoms with Crippen molar-refractivity contribution in [1.82, 2.24) is 10.3 Å². The summed E-state index contributed by atoms with van der Waals surface area (Å²) in [4.78, 5) is 26.5. The average molecular weight is 346 g/mol. The van der Waals surface area contributed by atoms with Gasteiger partial charge in [0.2, 0.25) is 11.7 Å². The molecule has 0 radical (unpaired) electrons. The Morgan fingerprint density at radius 2 is 2.14 bits per heavy atom. The number of carbonyl (C=O) groups excluding carboxylic acids is 2. The van der Waals surface area contributed by atoms with Gasteiger partial charge in [-0.2, -0.15) is 5.26 Å². The van der Waals surface area contributed by atoms with Gasteiger partial charge in [-0.25, -0.2) is 0 Å². The highest BCUT2D eigenvalue weighted by Gasteiger charge is 2.28. The van der Waals surface area contributed by atoms with Crippen LogP contribution < -0.4 is 5.32 Å². The van der Waals surface area contributed by atoms with Gasteiger partial charge >= 0.3 is 0 Å². The number of ketones is 1. The van der Waals surface area contributed by atoms with Gasteiger partial charge in [-0.15, -0.1) is 0 Å². The number of nitriles is 1. The van der Waals surface area contributed by atoms with Crippen LogP contribution in [0, 0.1) is 17.2 Å². The van der Waals surface area contributed by atoms with Crippen LogP contribution in [0.15, 0.2) is 6.07 Å². The smallest absolute Gasteiger partial charge is 0.245 e. The summed E-state index contributed by atoms with van der Waals surface area (Å²) < 4.78 is 5.33. The fourth-order valence-corrected chi connectivity index (χ4v) is 1.95. The molecule has 1 unspecified atom stereocenters. The van der Waals surface area contributed by atoms with Crippen LogP contribution in [-0.4, -0.2) is 35.9 Å². The summed E-state index contributed by atoms with van der Waals surface area (Å²) in [6, 6.07) is 2.98. The van der Waals surface area contributed by atoms with E-state index in [1.54, 1.807) is 6.07 Å². The lowest BCUT2D eigenvalue weighted by Crippen LogP contribution is -2.35. The highest BCUT2D eigenvalue weighted by atomic mass is 35.5. The van der Waals surface area contributed by atoms with E-state index in [-0.39, 0.29) is 22.0 Å². The number of carbonyl (C=O) groups is 2. The molecule has 0 aromatic carbocycles. The Morgan fingerprint density at radius 1 is 1.45 bits per heavy atom. The molecule has 0 aliphatic carbocycles. The second kappa shape index (κ2) is 8.79. The van der Waals surface area contributed by atoms with Crippen molar-refractivity contribution < 1.29 is 14.3 Å². The zero-order valence-electron chi connectivity index (χ0n) is 12.3. The van der Waals surface area contributed by atoms with E-state index >= 15 is 0 Å². The Labute approximate surface area is 138 Å². The molecule has 22 heavy (non-hydrogen) atoms. The molecule has 0 saturated heterocycles. The highest BCUT2D eigenvalue weighted by Crippen LogP contribution is 2.23. The third-order valence-electron chi connectivity index (χ3n) is 2.72. The summed E-state index contributed by atoms with van der Waals surface area (Å²) in [7, 11) is 0. The molecule has 1 aromatic rings. The van der Waals surface area contributed by atoms with Gasteiger partial charge in [0.25, 0.3) is 0 Å². The van der Waals surface area contributed by atoms with Crippen LogP contribution >= 0.6 is 23.2 Å². The fraction of sp³-hybridized carbons (Fsp3) is 0.500. The summed E-state index contributed by atoms with van der Waals surface area (Å²) in [5.74, 6) is -2.78. The monoisotopic (exact) mass is 345 g/mol. The second-order valence-electron chi connectivity index (χ2n) is 4.84. The van der Waals surface area contributed by atoms with Crippen molar-refractivity contribution in [2.24, 2.45) is 5.92 Å². The first-order chi connectivity index (χ1) is 10.4. The Hall–Kier alpha value is -1.55. The van der Waals surface area contributed by atoms with Crippen molar-refractivity contribution >= 4 is 34.9 Å². The van der Waals surface area contributed by atoms with Crippen LogP contribution in [0.5, 0.6) is 0 Å². The minimum atomic E-state index is -1.45. The lowest BCUT2D eigenvalue weighted by molar-refractivity contribution is -0.122. The third kappa shape index (κ3) is 5.34. The van der Waals surface area contributed by atoms with Gasteiger partial charge in [0.05, 0.1) is 22.9 Å². The van der Waals surface area contributed by atoms with Crippen molar-refractivity contribution in [2.75, 3.05) is 13.2 Å². The zero-order valence-corrected chi connectivity index (χ0v) is 13.8. The van der Waals surface area contributed by atoms with Gasteiger partial charge in [0.1, 0.15) is 5.15 Å². The Bertz CT molecular complexity index is 559. The van der Waals surface area contributed by atoms with E-state index in [0.717, 1.165) is 0 Å². The van der Waals surface area contributed by atoms with Gasteiger partial charge < -0.3 is 15.0 Å². The van der Waals surface area contributed by atoms with E-state index < -0.39 is 17.6 Å². The van der Waals surface area contributed by atoms with Gasteiger partial charge in [-0.3, -0.25) is 9.59 Å². The largest absolute Gasteiger partial charge is 0.379 e. The maximum atomic E-state index is 12.1. The molecule has 1 amide bonds. The van der Waals surface area contributed by atoms with Crippen LogP contribution in [0.2, 0.25) is 10.2 Å². The van der Waals surface area contributed by atoms with E-state index in [1.165, 1.54) is 6.07 Å². The second-order valence-corrected chi connectivity index (χ2v) is 5.62. The number of aromatic nitrogens is 1. The number of aromatic amines is 1. The number of Topliss-reactive ketones (excluding diaryl/α,β-unsaturated/α-hetero) is 1. The standard InChI is InChI=1S/C14H17Cl2N3O3/c1-8(2)22-5-3-4-18-14(21)9(7-17)12(20)11-6-10(15)13(16)19-11/h6,8-9,19H,3-5H2,1-2H3,(H,18,21). The van der Waals surface area contributed by atoms with Crippen LogP contribution in [0.3, 0.4) is 0 Å². The molecule has 0 aliphatic heterocycles. The molecule has 1 aromatic heterocycles. The molecule has 6 nitrogen and oxygen atoms in total. The van der Waals surface area contributed by atoms with E-state index in [9.17, 15) is 9.59 Å².